The third kappa shape index (κ3) is 4.24. The number of nitrogens with zero attached hydrogens (tertiary/aromatic N) is 1. The summed E-state index contributed by atoms with van der Waals surface area (Å²) in [6, 6.07) is 20.0. The van der Waals surface area contributed by atoms with Crippen molar-refractivity contribution in [1.29, 1.82) is 0 Å². The number of ether oxygens (including phenoxy) is 1. The van der Waals surface area contributed by atoms with Crippen LogP contribution in [0.1, 0.15) is 41.5 Å². The summed E-state index contributed by atoms with van der Waals surface area (Å²) in [4.78, 5) is 40.9. The van der Waals surface area contributed by atoms with Crippen molar-refractivity contribution in [2.75, 3.05) is 19.0 Å². The summed E-state index contributed by atoms with van der Waals surface area (Å²) >= 11 is 1.21. The minimum atomic E-state index is -1.10. The zero-order valence-electron chi connectivity index (χ0n) is 18.9. The fraction of sp³-hybridized carbons (Fsp3) is 0.148. The highest BCUT2D eigenvalue weighted by Gasteiger charge is 2.31. The lowest BCUT2D eigenvalue weighted by molar-refractivity contribution is 0.0696. The zero-order valence-corrected chi connectivity index (χ0v) is 19.7. The summed E-state index contributed by atoms with van der Waals surface area (Å²) in [6.07, 6.45) is 0.402. The van der Waals surface area contributed by atoms with Gasteiger partial charge >= 0.3 is 5.97 Å². The van der Waals surface area contributed by atoms with E-state index in [0.717, 1.165) is 15.6 Å². The first kappa shape index (κ1) is 22.6. The zero-order chi connectivity index (χ0) is 24.5. The summed E-state index contributed by atoms with van der Waals surface area (Å²) in [5.41, 5.74) is 1.75. The largest absolute Gasteiger partial charge is 0.497 e. The van der Waals surface area contributed by atoms with Gasteiger partial charge in [0.2, 0.25) is 0 Å². The Balaban J connectivity index is 1.43. The molecule has 35 heavy (non-hydrogen) atoms. The van der Waals surface area contributed by atoms with Gasteiger partial charge in [-0.25, -0.2) is 4.79 Å². The highest BCUT2D eigenvalue weighted by molar-refractivity contribution is 7.17. The molecule has 0 spiro atoms. The number of carboxylic acids is 1. The average molecular weight is 487 g/mol. The van der Waals surface area contributed by atoms with Crippen molar-refractivity contribution in [3.63, 3.8) is 0 Å². The van der Waals surface area contributed by atoms with Crippen LogP contribution in [0.5, 0.6) is 5.75 Å². The van der Waals surface area contributed by atoms with Crippen LogP contribution in [0.25, 0.3) is 10.8 Å². The first-order valence-electron chi connectivity index (χ1n) is 11.1. The number of hydrogen-bond donors (Lipinski definition) is 2. The maximum atomic E-state index is 13.4. The fourth-order valence-electron chi connectivity index (χ4n) is 4.41. The fourth-order valence-corrected chi connectivity index (χ4v) is 5.66. The standard InChI is InChI=1S/C27H22N2O5S/c1-34-18-9-4-8-17(14-18)24(30)28-25-23(27(32)33)21-12-13-29(15-22(21)35-25)26(31)20-11-5-7-16-6-2-3-10-19(16)20/h2-11,14H,12-13,15H2,1H3,(H,28,30)(H,32,33). The van der Waals surface area contributed by atoms with E-state index in [1.54, 1.807) is 29.2 Å². The van der Waals surface area contributed by atoms with Crippen LogP contribution in [0.3, 0.4) is 0 Å². The number of anilines is 1. The minimum absolute atomic E-state index is 0.0958. The van der Waals surface area contributed by atoms with Gasteiger partial charge in [-0.05, 0) is 47.0 Å². The molecule has 1 aliphatic rings. The van der Waals surface area contributed by atoms with Gasteiger partial charge < -0.3 is 20.1 Å². The van der Waals surface area contributed by atoms with Gasteiger partial charge in [-0.2, -0.15) is 0 Å². The molecule has 0 unspecified atom stereocenters. The summed E-state index contributed by atoms with van der Waals surface area (Å²) in [5, 5.41) is 14.8. The molecular weight excluding hydrogens is 464 g/mol. The Morgan fingerprint density at radius 3 is 2.60 bits per heavy atom. The van der Waals surface area contributed by atoms with Crippen LogP contribution in [-0.4, -0.2) is 41.4 Å². The Labute approximate surface area is 205 Å². The first-order valence-corrected chi connectivity index (χ1v) is 11.9. The van der Waals surface area contributed by atoms with Crippen LogP contribution in [0.4, 0.5) is 5.00 Å². The summed E-state index contributed by atoms with van der Waals surface area (Å²) in [6.45, 7) is 0.687. The lowest BCUT2D eigenvalue weighted by atomic mass is 10.00. The van der Waals surface area contributed by atoms with E-state index in [1.165, 1.54) is 18.4 Å². The summed E-state index contributed by atoms with van der Waals surface area (Å²) in [5.74, 6) is -1.09. The lowest BCUT2D eigenvalue weighted by Gasteiger charge is -2.27. The van der Waals surface area contributed by atoms with E-state index >= 15 is 0 Å². The number of hydrogen-bond acceptors (Lipinski definition) is 5. The van der Waals surface area contributed by atoms with E-state index in [4.69, 9.17) is 4.74 Å². The maximum absolute atomic E-state index is 13.4. The molecule has 0 aliphatic carbocycles. The van der Waals surface area contributed by atoms with Crippen LogP contribution in [0, 0.1) is 0 Å². The molecule has 7 nitrogen and oxygen atoms in total. The highest BCUT2D eigenvalue weighted by atomic mass is 32.1. The molecule has 176 valence electrons. The van der Waals surface area contributed by atoms with Gasteiger partial charge in [0.05, 0.1) is 19.2 Å². The first-order chi connectivity index (χ1) is 17.0. The van der Waals surface area contributed by atoms with Crippen LogP contribution in [0.15, 0.2) is 66.7 Å². The number of nitrogens with one attached hydrogen (secondary N) is 1. The number of carbonyl (C=O) groups excluding carboxylic acids is 2. The molecule has 3 aromatic carbocycles. The van der Waals surface area contributed by atoms with Crippen LogP contribution >= 0.6 is 11.3 Å². The molecule has 2 amide bonds. The van der Waals surface area contributed by atoms with Crippen molar-refractivity contribution in [2.24, 2.45) is 0 Å². The average Bonchev–Trinajstić information content (AvgIpc) is 3.25. The van der Waals surface area contributed by atoms with Gasteiger partial charge in [0.25, 0.3) is 11.8 Å². The molecule has 4 aromatic rings. The SMILES string of the molecule is COc1cccc(C(=O)Nc2sc3c(c2C(=O)O)CCN(C(=O)c2cccc4ccccc24)C3)c1. The minimum Gasteiger partial charge on any atom is -0.497 e. The number of carbonyl (C=O) groups is 3. The highest BCUT2D eigenvalue weighted by Crippen LogP contribution is 2.38. The lowest BCUT2D eigenvalue weighted by Crippen LogP contribution is -2.35. The van der Waals surface area contributed by atoms with E-state index in [0.29, 0.717) is 35.4 Å². The third-order valence-electron chi connectivity index (χ3n) is 6.14. The van der Waals surface area contributed by atoms with E-state index in [9.17, 15) is 19.5 Å². The van der Waals surface area contributed by atoms with Crippen molar-refractivity contribution in [3.05, 3.63) is 93.9 Å². The molecule has 1 aromatic heterocycles. The molecule has 0 radical (unpaired) electrons. The topological polar surface area (TPSA) is 95.9 Å². The van der Waals surface area contributed by atoms with Crippen molar-refractivity contribution in [2.45, 2.75) is 13.0 Å². The number of thiophene rings is 1. The predicted molar refractivity (Wildman–Crippen MR) is 135 cm³/mol. The van der Waals surface area contributed by atoms with Crippen molar-refractivity contribution >= 4 is 44.9 Å². The van der Waals surface area contributed by atoms with Crippen LogP contribution < -0.4 is 10.1 Å². The summed E-state index contributed by atoms with van der Waals surface area (Å²) in [7, 11) is 1.51. The number of fused-ring (bicyclic) bond motifs is 2. The number of amides is 2. The van der Waals surface area contributed by atoms with Gasteiger partial charge in [-0.3, -0.25) is 9.59 Å². The van der Waals surface area contributed by atoms with E-state index in [-0.39, 0.29) is 23.0 Å². The number of methoxy groups -OCH3 is 1. The summed E-state index contributed by atoms with van der Waals surface area (Å²) < 4.78 is 5.17. The molecule has 0 bridgehead atoms. The molecule has 1 aliphatic heterocycles. The van der Waals surface area contributed by atoms with Crippen LogP contribution in [0.2, 0.25) is 0 Å². The monoisotopic (exact) mass is 486 g/mol. The molecule has 5 rings (SSSR count). The number of rotatable bonds is 5. The van der Waals surface area contributed by atoms with Crippen molar-refractivity contribution < 1.29 is 24.2 Å². The Morgan fingerprint density at radius 1 is 1.03 bits per heavy atom. The van der Waals surface area contributed by atoms with Crippen molar-refractivity contribution in [3.8, 4) is 5.75 Å². The van der Waals surface area contributed by atoms with E-state index in [2.05, 4.69) is 5.32 Å². The van der Waals surface area contributed by atoms with E-state index < -0.39 is 11.9 Å². The van der Waals surface area contributed by atoms with Gasteiger partial charge in [-0.1, -0.05) is 42.5 Å². The number of benzene rings is 3. The Kier molecular flexibility index (Phi) is 5.96. The number of aromatic carboxylic acids is 1. The Bertz CT molecular complexity index is 1470. The molecule has 0 atom stereocenters. The molecule has 8 heteroatoms. The number of carboxylic acid groups (broad SMARTS) is 1. The predicted octanol–water partition coefficient (Wildman–Crippen LogP) is 5.06. The second kappa shape index (κ2) is 9.23. The Hall–Kier alpha value is -4.17. The Morgan fingerprint density at radius 2 is 1.80 bits per heavy atom. The van der Waals surface area contributed by atoms with Gasteiger partial charge in [0.15, 0.2) is 0 Å². The molecular formula is C27H22N2O5S. The van der Waals surface area contributed by atoms with Crippen molar-refractivity contribution in [1.82, 2.24) is 4.90 Å². The molecule has 0 saturated heterocycles. The van der Waals surface area contributed by atoms with Gasteiger partial charge in [0, 0.05) is 22.5 Å². The second-order valence-electron chi connectivity index (χ2n) is 8.20. The molecule has 0 saturated carbocycles. The molecule has 2 heterocycles. The third-order valence-corrected chi connectivity index (χ3v) is 7.27. The van der Waals surface area contributed by atoms with Gasteiger partial charge in [-0.15, -0.1) is 11.3 Å². The van der Waals surface area contributed by atoms with Crippen LogP contribution in [-0.2, 0) is 13.0 Å². The quantitative estimate of drug-likeness (QED) is 0.411. The maximum Gasteiger partial charge on any atom is 0.339 e. The normalized spacial score (nSPS) is 12.8. The van der Waals surface area contributed by atoms with E-state index in [1.807, 2.05) is 42.5 Å². The van der Waals surface area contributed by atoms with Gasteiger partial charge in [0.1, 0.15) is 10.8 Å². The second-order valence-corrected chi connectivity index (χ2v) is 9.31. The molecule has 2 N–H and O–H groups in total. The smallest absolute Gasteiger partial charge is 0.339 e. The molecule has 0 fully saturated rings.